The Balaban J connectivity index is 2.51. The van der Waals surface area contributed by atoms with Gasteiger partial charge in [0.25, 0.3) is 0 Å². The van der Waals surface area contributed by atoms with Crippen LogP contribution in [0.25, 0.3) is 0 Å². The third kappa shape index (κ3) is 3.17. The fourth-order valence-electron chi connectivity index (χ4n) is 1.59. The van der Waals surface area contributed by atoms with Crippen LogP contribution in [0.15, 0.2) is 34.8 Å². The van der Waals surface area contributed by atoms with Crippen molar-refractivity contribution in [1.29, 1.82) is 5.26 Å². The Hall–Kier alpha value is -2.46. The van der Waals surface area contributed by atoms with Crippen molar-refractivity contribution in [3.05, 3.63) is 57.6 Å². The van der Waals surface area contributed by atoms with E-state index in [1.165, 1.54) is 18.2 Å². The van der Waals surface area contributed by atoms with Crippen LogP contribution in [0.5, 0.6) is 11.5 Å². The SMILES string of the molecule is N#Cc1cc(F)c(Oc2cc(Br)ccc2C(=O)O)c(F)c1. The van der Waals surface area contributed by atoms with Crippen molar-refractivity contribution in [1.82, 2.24) is 0 Å². The minimum atomic E-state index is -1.30. The van der Waals surface area contributed by atoms with Crippen LogP contribution in [0.3, 0.4) is 0 Å². The average molecular weight is 354 g/mol. The summed E-state index contributed by atoms with van der Waals surface area (Å²) in [5.41, 5.74) is -0.452. The van der Waals surface area contributed by atoms with Crippen LogP contribution in [0.1, 0.15) is 15.9 Å². The van der Waals surface area contributed by atoms with E-state index in [1.54, 1.807) is 6.07 Å². The molecule has 0 saturated carbocycles. The van der Waals surface area contributed by atoms with E-state index in [2.05, 4.69) is 15.9 Å². The maximum Gasteiger partial charge on any atom is 0.339 e. The predicted octanol–water partition coefficient (Wildman–Crippen LogP) is 4.09. The number of carbonyl (C=O) groups is 1. The van der Waals surface area contributed by atoms with Gasteiger partial charge in [-0.25, -0.2) is 13.6 Å². The van der Waals surface area contributed by atoms with Crippen molar-refractivity contribution in [3.63, 3.8) is 0 Å². The first-order chi connectivity index (χ1) is 9.92. The lowest BCUT2D eigenvalue weighted by Crippen LogP contribution is -2.02. The van der Waals surface area contributed by atoms with Gasteiger partial charge in [-0.2, -0.15) is 5.26 Å². The van der Waals surface area contributed by atoms with Crippen molar-refractivity contribution in [3.8, 4) is 17.6 Å². The zero-order chi connectivity index (χ0) is 15.6. The Labute approximate surface area is 126 Å². The van der Waals surface area contributed by atoms with Crippen molar-refractivity contribution in [2.45, 2.75) is 0 Å². The third-order valence-corrected chi connectivity index (χ3v) is 3.01. The quantitative estimate of drug-likeness (QED) is 0.901. The van der Waals surface area contributed by atoms with E-state index in [9.17, 15) is 13.6 Å². The van der Waals surface area contributed by atoms with E-state index in [1.807, 2.05) is 0 Å². The lowest BCUT2D eigenvalue weighted by Gasteiger charge is -2.11. The zero-order valence-electron chi connectivity index (χ0n) is 10.2. The summed E-state index contributed by atoms with van der Waals surface area (Å²) in [4.78, 5) is 11.1. The van der Waals surface area contributed by atoms with Gasteiger partial charge in [0.1, 0.15) is 11.3 Å². The Morgan fingerprint density at radius 2 is 1.86 bits per heavy atom. The summed E-state index contributed by atoms with van der Waals surface area (Å²) < 4.78 is 33.0. The number of rotatable bonds is 3. The molecule has 0 aliphatic rings. The van der Waals surface area contributed by atoms with Crippen molar-refractivity contribution in [2.24, 2.45) is 0 Å². The first-order valence-corrected chi connectivity index (χ1v) is 6.31. The molecule has 0 fully saturated rings. The molecular formula is C14H6BrF2NO3. The summed E-state index contributed by atoms with van der Waals surface area (Å²) in [6, 6.07) is 7.18. The smallest absolute Gasteiger partial charge is 0.339 e. The van der Waals surface area contributed by atoms with Gasteiger partial charge in [-0.1, -0.05) is 15.9 Å². The summed E-state index contributed by atoms with van der Waals surface area (Å²) >= 11 is 3.12. The minimum absolute atomic E-state index is 0.204. The first kappa shape index (κ1) is 14.9. The Morgan fingerprint density at radius 1 is 1.24 bits per heavy atom. The summed E-state index contributed by atoms with van der Waals surface area (Å²) in [7, 11) is 0. The molecule has 0 saturated heterocycles. The molecular weight excluding hydrogens is 348 g/mol. The number of halogens is 3. The number of benzene rings is 2. The highest BCUT2D eigenvalue weighted by molar-refractivity contribution is 9.10. The number of carboxylic acid groups (broad SMARTS) is 1. The topological polar surface area (TPSA) is 70.3 Å². The van der Waals surface area contributed by atoms with Crippen LogP contribution in [0.4, 0.5) is 8.78 Å². The monoisotopic (exact) mass is 353 g/mol. The van der Waals surface area contributed by atoms with Crippen LogP contribution >= 0.6 is 15.9 Å². The molecule has 0 unspecified atom stereocenters. The highest BCUT2D eigenvalue weighted by atomic mass is 79.9. The van der Waals surface area contributed by atoms with E-state index in [-0.39, 0.29) is 16.9 Å². The van der Waals surface area contributed by atoms with Gasteiger partial charge >= 0.3 is 5.97 Å². The standard InChI is InChI=1S/C14H6BrF2NO3/c15-8-1-2-9(14(19)20)12(5-8)21-13-10(16)3-7(6-18)4-11(13)17/h1-5H,(H,19,20). The maximum atomic E-state index is 13.7. The molecule has 0 spiro atoms. The first-order valence-electron chi connectivity index (χ1n) is 5.52. The molecule has 2 aromatic rings. The van der Waals surface area contributed by atoms with Crippen LogP contribution < -0.4 is 4.74 Å². The number of aromatic carboxylic acids is 1. The van der Waals surface area contributed by atoms with Gasteiger partial charge in [0, 0.05) is 4.47 Å². The number of ether oxygens (including phenoxy) is 1. The second-order valence-corrected chi connectivity index (χ2v) is 4.84. The minimum Gasteiger partial charge on any atom is -0.478 e. The van der Waals surface area contributed by atoms with Crippen LogP contribution in [-0.2, 0) is 0 Å². The van der Waals surface area contributed by atoms with Gasteiger partial charge in [-0.3, -0.25) is 0 Å². The molecule has 0 aliphatic carbocycles. The van der Waals surface area contributed by atoms with Crippen LogP contribution in [0.2, 0.25) is 0 Å². The molecule has 0 heterocycles. The van der Waals surface area contributed by atoms with E-state index >= 15 is 0 Å². The molecule has 4 nitrogen and oxygen atoms in total. The summed E-state index contributed by atoms with van der Waals surface area (Å²) in [5, 5.41) is 17.6. The second-order valence-electron chi connectivity index (χ2n) is 3.93. The Bertz CT molecular complexity index is 748. The van der Waals surface area contributed by atoms with Gasteiger partial charge in [0.05, 0.1) is 11.6 Å². The maximum absolute atomic E-state index is 13.7. The molecule has 106 valence electrons. The summed E-state index contributed by atoms with van der Waals surface area (Å²) in [6.45, 7) is 0. The van der Waals surface area contributed by atoms with Gasteiger partial charge in [-0.05, 0) is 30.3 Å². The fraction of sp³-hybridized carbons (Fsp3) is 0. The third-order valence-electron chi connectivity index (χ3n) is 2.51. The molecule has 0 atom stereocenters. The molecule has 0 radical (unpaired) electrons. The zero-order valence-corrected chi connectivity index (χ0v) is 11.8. The lowest BCUT2D eigenvalue weighted by atomic mass is 10.2. The largest absolute Gasteiger partial charge is 0.478 e. The Morgan fingerprint density at radius 3 is 2.38 bits per heavy atom. The van der Waals surface area contributed by atoms with Crippen molar-refractivity contribution in [2.75, 3.05) is 0 Å². The fourth-order valence-corrected chi connectivity index (χ4v) is 1.93. The molecule has 0 aliphatic heterocycles. The molecule has 1 N–H and O–H groups in total. The van der Waals surface area contributed by atoms with Crippen molar-refractivity contribution >= 4 is 21.9 Å². The van der Waals surface area contributed by atoms with Gasteiger partial charge in [0.15, 0.2) is 17.4 Å². The van der Waals surface area contributed by atoms with Gasteiger partial charge in [0.2, 0.25) is 0 Å². The van der Waals surface area contributed by atoms with Gasteiger partial charge in [-0.15, -0.1) is 0 Å². The summed E-state index contributed by atoms with van der Waals surface area (Å²) in [6.07, 6.45) is 0. The molecule has 0 aromatic heterocycles. The van der Waals surface area contributed by atoms with E-state index < -0.39 is 23.4 Å². The number of hydrogen-bond acceptors (Lipinski definition) is 3. The number of carboxylic acids is 1. The highest BCUT2D eigenvalue weighted by Crippen LogP contribution is 2.32. The highest BCUT2D eigenvalue weighted by Gasteiger charge is 2.18. The molecule has 0 amide bonds. The van der Waals surface area contributed by atoms with E-state index in [4.69, 9.17) is 15.1 Å². The molecule has 7 heteroatoms. The molecule has 21 heavy (non-hydrogen) atoms. The lowest BCUT2D eigenvalue weighted by molar-refractivity contribution is 0.0694. The molecule has 2 rings (SSSR count). The van der Waals surface area contributed by atoms with E-state index in [0.29, 0.717) is 4.47 Å². The average Bonchev–Trinajstić information content (AvgIpc) is 2.42. The Kier molecular flexibility index (Phi) is 4.19. The number of hydrogen-bond donors (Lipinski definition) is 1. The number of nitriles is 1. The molecule has 0 bridgehead atoms. The second kappa shape index (κ2) is 5.89. The van der Waals surface area contributed by atoms with Crippen LogP contribution in [-0.4, -0.2) is 11.1 Å². The molecule has 2 aromatic carbocycles. The van der Waals surface area contributed by atoms with Crippen molar-refractivity contribution < 1.29 is 23.4 Å². The van der Waals surface area contributed by atoms with E-state index in [0.717, 1.165) is 12.1 Å². The van der Waals surface area contributed by atoms with Crippen LogP contribution in [0, 0.1) is 23.0 Å². The number of nitrogens with zero attached hydrogens (tertiary/aromatic N) is 1. The van der Waals surface area contributed by atoms with Gasteiger partial charge < -0.3 is 9.84 Å². The normalized spacial score (nSPS) is 10.0. The summed E-state index contributed by atoms with van der Waals surface area (Å²) in [5.74, 6) is -4.48. The predicted molar refractivity (Wildman–Crippen MR) is 72.2 cm³/mol.